The van der Waals surface area contributed by atoms with E-state index < -0.39 is 6.10 Å². The molecule has 2 heterocycles. The normalized spacial score (nSPS) is 52.3. The number of aliphatic hydroxyl groups is 1. The van der Waals surface area contributed by atoms with Gasteiger partial charge in [0.2, 0.25) is 0 Å². The molecule has 2 aliphatic carbocycles. The number of hydrogen-bond donors (Lipinski definition) is 1. The maximum Gasteiger partial charge on any atom is 0.308 e. The van der Waals surface area contributed by atoms with Gasteiger partial charge in [0.25, 0.3) is 0 Å². The third-order valence-corrected chi connectivity index (χ3v) is 7.00. The van der Waals surface area contributed by atoms with Crippen LogP contribution in [0.15, 0.2) is 0 Å². The van der Waals surface area contributed by atoms with Crippen molar-refractivity contribution in [2.45, 2.75) is 83.2 Å². The van der Waals surface area contributed by atoms with E-state index in [2.05, 4.69) is 13.8 Å². The Morgan fingerprint density at radius 1 is 1.09 bits per heavy atom. The lowest BCUT2D eigenvalue weighted by molar-refractivity contribution is -0.160. The second-order valence-corrected chi connectivity index (χ2v) is 8.62. The second kappa shape index (κ2) is 6.03. The summed E-state index contributed by atoms with van der Waals surface area (Å²) in [5, 5.41) is 9.78. The molecule has 4 fully saturated rings. The first kappa shape index (κ1) is 15.9. The molecule has 0 bridgehead atoms. The van der Waals surface area contributed by atoms with Gasteiger partial charge < -0.3 is 14.6 Å². The highest BCUT2D eigenvalue weighted by molar-refractivity contribution is 5.70. The zero-order valence-corrected chi connectivity index (χ0v) is 14.3. The molecule has 0 radical (unpaired) electrons. The molecular weight excluding hydrogens is 292 g/mol. The molecule has 130 valence electrons. The molecule has 2 saturated carbocycles. The molecule has 4 heteroatoms. The average molecular weight is 322 g/mol. The Labute approximate surface area is 138 Å². The van der Waals surface area contributed by atoms with E-state index in [0.717, 1.165) is 30.6 Å². The number of epoxide rings is 1. The summed E-state index contributed by atoms with van der Waals surface area (Å²) in [5.74, 6) is 3.46. The highest BCUT2D eigenvalue weighted by atomic mass is 16.6. The van der Waals surface area contributed by atoms with Crippen LogP contribution in [0.1, 0.15) is 58.8 Å². The Kier molecular flexibility index (Phi) is 4.17. The quantitative estimate of drug-likeness (QED) is 0.641. The number of ether oxygens (including phenoxy) is 2. The topological polar surface area (TPSA) is 59.1 Å². The number of aliphatic hydroxyl groups excluding tert-OH is 1. The van der Waals surface area contributed by atoms with Crippen molar-refractivity contribution >= 4 is 5.97 Å². The van der Waals surface area contributed by atoms with Crippen LogP contribution in [0.3, 0.4) is 0 Å². The van der Waals surface area contributed by atoms with Crippen LogP contribution in [0.4, 0.5) is 0 Å². The van der Waals surface area contributed by atoms with E-state index in [1.165, 1.54) is 19.3 Å². The first-order valence-electron chi connectivity index (χ1n) is 9.56. The Hall–Kier alpha value is -0.610. The third-order valence-electron chi connectivity index (χ3n) is 7.00. The first-order chi connectivity index (χ1) is 11.0. The SMILES string of the molecule is C[C@@H]1CC[C@@H]2[C@@H](CC[C@@H]3C[C@@H](O)CC(=O)O3)[C@@H](C)[C@@H]3O[C@@H]3[C@H]2C1. The van der Waals surface area contributed by atoms with Gasteiger partial charge in [-0.1, -0.05) is 20.3 Å². The van der Waals surface area contributed by atoms with E-state index in [4.69, 9.17) is 9.47 Å². The fourth-order valence-electron chi connectivity index (χ4n) is 5.79. The summed E-state index contributed by atoms with van der Waals surface area (Å²) in [5.41, 5.74) is 0. The summed E-state index contributed by atoms with van der Waals surface area (Å²) in [6.07, 6.45) is 7.20. The summed E-state index contributed by atoms with van der Waals surface area (Å²) in [7, 11) is 0. The summed E-state index contributed by atoms with van der Waals surface area (Å²) in [6.45, 7) is 4.73. The minimum absolute atomic E-state index is 0.0859. The molecule has 0 aromatic heterocycles. The Bertz CT molecular complexity index is 464. The lowest BCUT2D eigenvalue weighted by Crippen LogP contribution is -2.43. The number of rotatable bonds is 3. The van der Waals surface area contributed by atoms with Crippen LogP contribution >= 0.6 is 0 Å². The van der Waals surface area contributed by atoms with E-state index in [1.54, 1.807) is 0 Å². The standard InChI is InChI=1S/C19H30O4/c1-10-3-5-15-14(11(2)18-19(23-18)16(15)7-10)6-4-13-8-12(20)9-17(21)22-13/h10-16,18-20H,3-9H2,1-2H3/t10-,11-,12-,13-,14+,15-,16+,18+,19-/m1/s1. The number of carbonyl (C=O) groups excluding carboxylic acids is 1. The van der Waals surface area contributed by atoms with Gasteiger partial charge in [0.05, 0.1) is 24.7 Å². The zero-order chi connectivity index (χ0) is 16.1. The van der Waals surface area contributed by atoms with Crippen molar-refractivity contribution < 1.29 is 19.4 Å². The predicted molar refractivity (Wildman–Crippen MR) is 85.7 cm³/mol. The van der Waals surface area contributed by atoms with Gasteiger partial charge in [-0.25, -0.2) is 0 Å². The van der Waals surface area contributed by atoms with Crippen LogP contribution in [0.2, 0.25) is 0 Å². The van der Waals surface area contributed by atoms with Gasteiger partial charge in [-0.2, -0.15) is 0 Å². The number of cyclic esters (lactones) is 1. The maximum atomic E-state index is 11.5. The molecule has 0 unspecified atom stereocenters. The van der Waals surface area contributed by atoms with Gasteiger partial charge in [0.15, 0.2) is 0 Å². The third kappa shape index (κ3) is 3.05. The molecule has 4 aliphatic rings. The van der Waals surface area contributed by atoms with E-state index >= 15 is 0 Å². The molecule has 4 nitrogen and oxygen atoms in total. The molecular formula is C19H30O4. The van der Waals surface area contributed by atoms with Gasteiger partial charge in [-0.05, 0) is 55.3 Å². The van der Waals surface area contributed by atoms with Crippen molar-refractivity contribution in [2.24, 2.45) is 29.6 Å². The number of carbonyl (C=O) groups is 1. The maximum absolute atomic E-state index is 11.5. The first-order valence-corrected chi connectivity index (χ1v) is 9.56. The molecule has 9 atom stereocenters. The van der Waals surface area contributed by atoms with Crippen molar-refractivity contribution in [2.75, 3.05) is 0 Å². The Morgan fingerprint density at radius 3 is 2.70 bits per heavy atom. The van der Waals surface area contributed by atoms with E-state index in [9.17, 15) is 9.90 Å². The van der Waals surface area contributed by atoms with E-state index in [1.807, 2.05) is 0 Å². The van der Waals surface area contributed by atoms with Crippen molar-refractivity contribution in [3.05, 3.63) is 0 Å². The molecule has 0 aromatic rings. The predicted octanol–water partition coefficient (Wildman–Crippen LogP) is 2.92. The lowest BCUT2D eigenvalue weighted by atomic mass is 9.59. The monoisotopic (exact) mass is 322 g/mol. The summed E-state index contributed by atoms with van der Waals surface area (Å²) in [4.78, 5) is 11.5. The van der Waals surface area contributed by atoms with Crippen molar-refractivity contribution in [1.29, 1.82) is 0 Å². The van der Waals surface area contributed by atoms with Gasteiger partial charge in [0.1, 0.15) is 6.10 Å². The van der Waals surface area contributed by atoms with Gasteiger partial charge in [-0.3, -0.25) is 4.79 Å². The molecule has 4 rings (SSSR count). The van der Waals surface area contributed by atoms with E-state index in [-0.39, 0.29) is 18.5 Å². The fourth-order valence-corrected chi connectivity index (χ4v) is 5.79. The highest BCUT2D eigenvalue weighted by Gasteiger charge is 2.59. The molecule has 0 spiro atoms. The molecule has 0 aromatic carbocycles. The van der Waals surface area contributed by atoms with Crippen LogP contribution in [-0.2, 0) is 14.3 Å². The van der Waals surface area contributed by atoms with Gasteiger partial charge >= 0.3 is 5.97 Å². The van der Waals surface area contributed by atoms with Crippen molar-refractivity contribution in [3.63, 3.8) is 0 Å². The van der Waals surface area contributed by atoms with Crippen LogP contribution in [0.25, 0.3) is 0 Å². The average Bonchev–Trinajstić information content (AvgIpc) is 3.27. The second-order valence-electron chi connectivity index (χ2n) is 8.62. The van der Waals surface area contributed by atoms with Crippen LogP contribution < -0.4 is 0 Å². The smallest absolute Gasteiger partial charge is 0.308 e. The summed E-state index contributed by atoms with van der Waals surface area (Å²) >= 11 is 0. The minimum atomic E-state index is -0.510. The minimum Gasteiger partial charge on any atom is -0.462 e. The number of fused-ring (bicyclic) bond motifs is 3. The summed E-state index contributed by atoms with van der Waals surface area (Å²) < 4.78 is 11.5. The summed E-state index contributed by atoms with van der Waals surface area (Å²) in [6, 6.07) is 0. The molecule has 2 saturated heterocycles. The van der Waals surface area contributed by atoms with E-state index in [0.29, 0.717) is 30.5 Å². The van der Waals surface area contributed by atoms with Gasteiger partial charge in [0, 0.05) is 6.42 Å². The number of hydrogen-bond acceptors (Lipinski definition) is 4. The highest BCUT2D eigenvalue weighted by Crippen LogP contribution is 2.56. The van der Waals surface area contributed by atoms with Crippen LogP contribution in [0, 0.1) is 29.6 Å². The number of esters is 1. The zero-order valence-electron chi connectivity index (χ0n) is 14.3. The van der Waals surface area contributed by atoms with Crippen LogP contribution in [-0.4, -0.2) is 35.5 Å². The Morgan fingerprint density at radius 2 is 1.91 bits per heavy atom. The van der Waals surface area contributed by atoms with Crippen molar-refractivity contribution in [1.82, 2.24) is 0 Å². The largest absolute Gasteiger partial charge is 0.462 e. The molecule has 2 aliphatic heterocycles. The molecule has 0 amide bonds. The van der Waals surface area contributed by atoms with Crippen LogP contribution in [0.5, 0.6) is 0 Å². The van der Waals surface area contributed by atoms with Gasteiger partial charge in [-0.15, -0.1) is 0 Å². The molecule has 1 N–H and O–H groups in total. The Balaban J connectivity index is 1.40. The fraction of sp³-hybridized carbons (Fsp3) is 0.947. The lowest BCUT2D eigenvalue weighted by Gasteiger charge is -2.44. The molecule has 23 heavy (non-hydrogen) atoms. The van der Waals surface area contributed by atoms with Crippen molar-refractivity contribution in [3.8, 4) is 0 Å².